The number of benzene rings is 4. The number of nitrogens with two attached hydrogens (primary N) is 1. The van der Waals surface area contributed by atoms with E-state index >= 15 is 8.78 Å². The van der Waals surface area contributed by atoms with E-state index in [0.29, 0.717) is 41.0 Å². The molecule has 0 spiro atoms. The average molecular weight is 680 g/mol. The van der Waals surface area contributed by atoms with Gasteiger partial charge in [0, 0.05) is 28.7 Å². The Bertz CT molecular complexity index is 1900. The lowest BCUT2D eigenvalue weighted by molar-refractivity contribution is -0.145. The highest BCUT2D eigenvalue weighted by molar-refractivity contribution is 7.89. The van der Waals surface area contributed by atoms with E-state index in [2.05, 4.69) is 4.72 Å². The molecule has 2 bridgehead atoms. The first-order chi connectivity index (χ1) is 22.5. The van der Waals surface area contributed by atoms with Crippen molar-refractivity contribution in [2.75, 3.05) is 0 Å². The van der Waals surface area contributed by atoms with Crippen LogP contribution in [-0.2, 0) is 20.7 Å². The third kappa shape index (κ3) is 6.24. The van der Waals surface area contributed by atoms with Crippen molar-refractivity contribution >= 4 is 38.3 Å². The number of nitrogens with one attached hydrogen (secondary N) is 1. The van der Waals surface area contributed by atoms with Crippen molar-refractivity contribution in [2.45, 2.75) is 86.0 Å². The summed E-state index contributed by atoms with van der Waals surface area (Å²) in [7, 11) is -4.58. The number of carbonyl (C=O) groups excluding carboxylic acids is 1. The maximum atomic E-state index is 16.6. The zero-order valence-corrected chi connectivity index (χ0v) is 27.2. The minimum absolute atomic E-state index is 0.168. The van der Waals surface area contributed by atoms with Crippen molar-refractivity contribution in [3.8, 4) is 16.9 Å². The molecule has 1 amide bonds. The van der Waals surface area contributed by atoms with Gasteiger partial charge in [-0.1, -0.05) is 60.1 Å². The number of carbonyl (C=O) groups is 1. The van der Waals surface area contributed by atoms with Crippen molar-refractivity contribution in [3.05, 3.63) is 95.5 Å². The van der Waals surface area contributed by atoms with Crippen LogP contribution >= 0.6 is 11.6 Å². The predicted molar refractivity (Wildman–Crippen MR) is 178 cm³/mol. The fraction of sp³-hybridized carbons (Fsp3) is 0.361. The number of fused-ring (bicyclic) bond motifs is 3. The van der Waals surface area contributed by atoms with E-state index in [0.717, 1.165) is 36.6 Å². The van der Waals surface area contributed by atoms with Crippen LogP contribution in [0.25, 0.3) is 21.9 Å². The molecule has 4 atom stereocenters. The second kappa shape index (κ2) is 12.5. The Kier molecular flexibility index (Phi) is 8.49. The molecule has 1 saturated carbocycles. The quantitative estimate of drug-likeness (QED) is 0.198. The van der Waals surface area contributed by atoms with E-state index in [1.54, 1.807) is 42.5 Å². The molecule has 1 aliphatic carbocycles. The monoisotopic (exact) mass is 679 g/mol. The van der Waals surface area contributed by atoms with Gasteiger partial charge in [-0.3, -0.25) is 4.79 Å². The van der Waals surface area contributed by atoms with Gasteiger partial charge in [0.25, 0.3) is 5.92 Å². The van der Waals surface area contributed by atoms with E-state index in [-0.39, 0.29) is 23.1 Å². The van der Waals surface area contributed by atoms with Crippen molar-refractivity contribution in [1.29, 1.82) is 0 Å². The molecule has 246 valence electrons. The Balaban J connectivity index is 1.20. The van der Waals surface area contributed by atoms with E-state index in [4.69, 9.17) is 22.1 Å². The molecule has 7 nitrogen and oxygen atoms in total. The van der Waals surface area contributed by atoms with Crippen LogP contribution in [0.3, 0.4) is 0 Å². The van der Waals surface area contributed by atoms with Crippen LogP contribution < -0.4 is 15.2 Å². The number of amides is 1. The number of hydrogen-bond acceptors (Lipinski definition) is 5. The second-order valence-corrected chi connectivity index (χ2v) is 15.1. The summed E-state index contributed by atoms with van der Waals surface area (Å²) < 4.78 is 69.0. The van der Waals surface area contributed by atoms with E-state index in [1.807, 2.05) is 6.07 Å². The summed E-state index contributed by atoms with van der Waals surface area (Å²) in [5.41, 5.74) is 7.19. The Morgan fingerprint density at radius 2 is 1.53 bits per heavy atom. The highest BCUT2D eigenvalue weighted by atomic mass is 35.5. The van der Waals surface area contributed by atoms with Crippen molar-refractivity contribution in [2.24, 2.45) is 5.73 Å². The summed E-state index contributed by atoms with van der Waals surface area (Å²) in [6, 6.07) is 18.8. The van der Waals surface area contributed by atoms with Gasteiger partial charge in [0.05, 0.1) is 11.0 Å². The molecule has 7 rings (SSSR count). The molecular formula is C36H36ClF2N3O4S. The third-order valence-electron chi connectivity index (χ3n) is 9.87. The smallest absolute Gasteiger partial charge is 0.298 e. The fourth-order valence-corrected chi connectivity index (χ4v) is 8.72. The molecule has 2 heterocycles. The normalized spacial score (nSPS) is 22.2. The van der Waals surface area contributed by atoms with Crippen LogP contribution in [0.4, 0.5) is 8.78 Å². The lowest BCUT2D eigenvalue weighted by atomic mass is 9.96. The number of hydrogen-bond donors (Lipinski definition) is 2. The van der Waals surface area contributed by atoms with Gasteiger partial charge in [-0.2, -0.15) is 13.5 Å². The Morgan fingerprint density at radius 1 is 0.894 bits per heavy atom. The van der Waals surface area contributed by atoms with E-state index < -0.39 is 39.5 Å². The molecule has 2 saturated heterocycles. The first-order valence-electron chi connectivity index (χ1n) is 16.0. The zero-order valence-electron chi connectivity index (χ0n) is 25.6. The lowest BCUT2D eigenvalue weighted by Gasteiger charge is -2.33. The second-order valence-electron chi connectivity index (χ2n) is 12.9. The Labute approximate surface area is 278 Å². The summed E-state index contributed by atoms with van der Waals surface area (Å²) in [6.45, 7) is 0. The van der Waals surface area contributed by atoms with Gasteiger partial charge in [-0.05, 0) is 103 Å². The number of ether oxygens (including phenoxy) is 1. The SMILES string of the molecule is N[C@@H]1CC2CCC1N2C(=O)[C@@H](NS(=O)(=O)c1ccc2cc(OC3CCCC3)ccc2c1)C(F)(F)c1ccc(-c2ccc(Cl)cc2)cc1. The largest absolute Gasteiger partial charge is 0.490 e. The van der Waals surface area contributed by atoms with Crippen LogP contribution in [0.2, 0.25) is 5.02 Å². The van der Waals surface area contributed by atoms with Crippen molar-refractivity contribution in [1.82, 2.24) is 9.62 Å². The van der Waals surface area contributed by atoms with Gasteiger partial charge in [-0.15, -0.1) is 0 Å². The highest BCUT2D eigenvalue weighted by Crippen LogP contribution is 2.41. The van der Waals surface area contributed by atoms with Gasteiger partial charge >= 0.3 is 0 Å². The summed E-state index contributed by atoms with van der Waals surface area (Å²) in [5.74, 6) is -4.17. The van der Waals surface area contributed by atoms with Crippen LogP contribution in [0.15, 0.2) is 89.8 Å². The zero-order chi connectivity index (χ0) is 32.9. The van der Waals surface area contributed by atoms with E-state index in [1.165, 1.54) is 41.3 Å². The molecule has 11 heteroatoms. The Morgan fingerprint density at radius 3 is 2.17 bits per heavy atom. The summed E-state index contributed by atoms with van der Waals surface area (Å²) >= 11 is 5.99. The molecule has 47 heavy (non-hydrogen) atoms. The number of halogens is 3. The van der Waals surface area contributed by atoms with Crippen LogP contribution in [0.5, 0.6) is 5.75 Å². The maximum absolute atomic E-state index is 16.6. The maximum Gasteiger partial charge on any atom is 0.298 e. The summed E-state index contributed by atoms with van der Waals surface area (Å²) in [6.07, 6.45) is 6.17. The first kappa shape index (κ1) is 32.0. The molecular weight excluding hydrogens is 644 g/mol. The standard InChI is InChI=1S/C36H36ClF2N3O4S/c37-27-13-7-23(8-14-27)22-5-11-26(12-6-22)36(38,39)34(35(43)42-28-15-18-33(42)32(40)21-28)41-47(44,45)31-17-10-24-19-30(16-9-25(24)20-31)46-29-3-1-2-4-29/h5-14,16-17,19-20,28-29,32-34,41H,1-4,15,18,21,40H2/t28?,32-,33?,34-/m1/s1. The minimum Gasteiger partial charge on any atom is -0.490 e. The molecule has 3 aliphatic rings. The van der Waals surface area contributed by atoms with Crippen molar-refractivity contribution < 1.29 is 26.7 Å². The van der Waals surface area contributed by atoms with Crippen LogP contribution in [-0.4, -0.2) is 49.5 Å². The summed E-state index contributed by atoms with van der Waals surface area (Å²) in [5, 5.41) is 1.90. The number of rotatable bonds is 9. The van der Waals surface area contributed by atoms with Crippen LogP contribution in [0, 0.1) is 0 Å². The lowest BCUT2D eigenvalue weighted by Crippen LogP contribution is -2.57. The predicted octanol–water partition coefficient (Wildman–Crippen LogP) is 7.01. The van der Waals surface area contributed by atoms with Crippen molar-refractivity contribution in [3.63, 3.8) is 0 Å². The number of alkyl halides is 2. The van der Waals surface area contributed by atoms with Gasteiger partial charge in [0.1, 0.15) is 5.75 Å². The average Bonchev–Trinajstić information content (AvgIpc) is 3.80. The number of sulfonamides is 1. The first-order valence-corrected chi connectivity index (χ1v) is 17.9. The molecule has 0 radical (unpaired) electrons. The molecule has 3 N–H and O–H groups in total. The van der Waals surface area contributed by atoms with Gasteiger partial charge in [-0.25, -0.2) is 8.42 Å². The van der Waals surface area contributed by atoms with Crippen LogP contribution in [0.1, 0.15) is 50.5 Å². The van der Waals surface area contributed by atoms with E-state index in [9.17, 15) is 13.2 Å². The molecule has 3 fully saturated rings. The van der Waals surface area contributed by atoms with Gasteiger partial charge in [0.15, 0.2) is 6.04 Å². The molecule has 4 aromatic carbocycles. The molecule has 2 unspecified atom stereocenters. The fourth-order valence-electron chi connectivity index (χ4n) is 7.37. The molecule has 2 aliphatic heterocycles. The molecule has 0 aromatic heterocycles. The third-order valence-corrected chi connectivity index (χ3v) is 11.5. The summed E-state index contributed by atoms with van der Waals surface area (Å²) in [4.78, 5) is 15.2. The Hall–Kier alpha value is -3.57. The highest BCUT2D eigenvalue weighted by Gasteiger charge is 2.55. The number of nitrogens with zero attached hydrogens (tertiary/aromatic N) is 1. The molecule has 4 aromatic rings. The van der Waals surface area contributed by atoms with Gasteiger partial charge in [0.2, 0.25) is 15.9 Å². The van der Waals surface area contributed by atoms with Gasteiger partial charge < -0.3 is 15.4 Å². The topological polar surface area (TPSA) is 102 Å². The minimum atomic E-state index is -4.58.